The van der Waals surface area contributed by atoms with E-state index in [0.717, 1.165) is 35.8 Å². The van der Waals surface area contributed by atoms with Gasteiger partial charge in [-0.25, -0.2) is 4.39 Å². The maximum absolute atomic E-state index is 13.4. The summed E-state index contributed by atoms with van der Waals surface area (Å²) in [5.74, 6) is 0.467. The Balaban J connectivity index is 1.49. The summed E-state index contributed by atoms with van der Waals surface area (Å²) in [7, 11) is 0. The third-order valence-corrected chi connectivity index (χ3v) is 5.91. The van der Waals surface area contributed by atoms with Crippen LogP contribution in [0.1, 0.15) is 39.1 Å². The fraction of sp³-hybridized carbons (Fsp3) is 0.375. The Kier molecular flexibility index (Phi) is 6.53. The molecule has 31 heavy (non-hydrogen) atoms. The summed E-state index contributed by atoms with van der Waals surface area (Å²) in [5, 5.41) is 3.10. The summed E-state index contributed by atoms with van der Waals surface area (Å²) in [6.07, 6.45) is 1.65. The normalized spacial score (nSPS) is 15.7. The van der Waals surface area contributed by atoms with Gasteiger partial charge in [0.1, 0.15) is 11.6 Å². The second kappa shape index (κ2) is 9.49. The number of nitrogens with one attached hydrogen (secondary N) is 1. The van der Waals surface area contributed by atoms with E-state index in [1.165, 1.54) is 12.1 Å². The minimum absolute atomic E-state index is 0.0416. The third-order valence-electron chi connectivity index (χ3n) is 5.91. The van der Waals surface area contributed by atoms with E-state index in [-0.39, 0.29) is 17.8 Å². The molecule has 4 rings (SSSR count). The van der Waals surface area contributed by atoms with Gasteiger partial charge in [-0.15, -0.1) is 0 Å². The van der Waals surface area contributed by atoms with Crippen molar-refractivity contribution < 1.29 is 18.3 Å². The number of benzene rings is 1. The zero-order chi connectivity index (χ0) is 21.8. The van der Waals surface area contributed by atoms with Crippen LogP contribution in [0.4, 0.5) is 4.39 Å². The van der Waals surface area contributed by atoms with Gasteiger partial charge in [0.15, 0.2) is 0 Å². The third kappa shape index (κ3) is 4.89. The van der Waals surface area contributed by atoms with Crippen LogP contribution in [0.25, 0.3) is 0 Å². The number of aryl methyl sites for hydroxylation is 1. The number of ether oxygens (including phenoxy) is 1. The molecule has 2 aromatic heterocycles. The Morgan fingerprint density at radius 1 is 1.16 bits per heavy atom. The van der Waals surface area contributed by atoms with E-state index in [9.17, 15) is 9.18 Å². The van der Waals surface area contributed by atoms with Gasteiger partial charge in [0, 0.05) is 31.0 Å². The fourth-order valence-electron chi connectivity index (χ4n) is 4.15. The van der Waals surface area contributed by atoms with E-state index in [0.29, 0.717) is 31.9 Å². The number of aromatic nitrogens is 1. The highest BCUT2D eigenvalue weighted by Gasteiger charge is 2.24. The standard InChI is InChI=1S/C24H28FN3O3/c1-17-14-22(18(2)28(17)16-21-4-3-11-31-21)24(29)26-15-23(27-9-12-30-13-10-27)19-5-7-20(25)8-6-19/h3-8,11,14,23H,9-10,12-13,15-16H2,1-2H3,(H,26,29). The topological polar surface area (TPSA) is 59.6 Å². The Morgan fingerprint density at radius 2 is 1.90 bits per heavy atom. The zero-order valence-electron chi connectivity index (χ0n) is 17.9. The first kappa shape index (κ1) is 21.3. The molecule has 1 aromatic carbocycles. The van der Waals surface area contributed by atoms with Crippen LogP contribution in [0.3, 0.4) is 0 Å². The van der Waals surface area contributed by atoms with Crippen LogP contribution in [0.2, 0.25) is 0 Å². The number of hydrogen-bond donors (Lipinski definition) is 1. The second-order valence-electron chi connectivity index (χ2n) is 7.88. The van der Waals surface area contributed by atoms with E-state index in [4.69, 9.17) is 9.15 Å². The van der Waals surface area contributed by atoms with Crippen molar-refractivity contribution in [1.29, 1.82) is 0 Å². The lowest BCUT2D eigenvalue weighted by Crippen LogP contribution is -2.43. The first-order valence-electron chi connectivity index (χ1n) is 10.6. The van der Waals surface area contributed by atoms with E-state index < -0.39 is 0 Å². The lowest BCUT2D eigenvalue weighted by Gasteiger charge is -2.35. The van der Waals surface area contributed by atoms with Crippen LogP contribution in [0, 0.1) is 19.7 Å². The molecule has 3 heterocycles. The molecule has 0 saturated carbocycles. The first-order valence-corrected chi connectivity index (χ1v) is 10.6. The number of carbonyl (C=O) groups excluding carboxylic acids is 1. The van der Waals surface area contributed by atoms with Crippen LogP contribution in [-0.2, 0) is 11.3 Å². The Morgan fingerprint density at radius 3 is 2.58 bits per heavy atom. The number of rotatable bonds is 7. The quantitative estimate of drug-likeness (QED) is 0.627. The van der Waals surface area contributed by atoms with E-state index in [2.05, 4.69) is 14.8 Å². The van der Waals surface area contributed by atoms with Crippen LogP contribution < -0.4 is 5.32 Å². The van der Waals surface area contributed by atoms with Crippen LogP contribution in [-0.4, -0.2) is 48.2 Å². The number of amides is 1. The van der Waals surface area contributed by atoms with Crippen molar-refractivity contribution in [2.45, 2.75) is 26.4 Å². The minimum atomic E-state index is -0.266. The zero-order valence-corrected chi connectivity index (χ0v) is 17.9. The molecule has 1 saturated heterocycles. The molecule has 3 aromatic rings. The highest BCUT2D eigenvalue weighted by atomic mass is 19.1. The predicted octanol–water partition coefficient (Wildman–Crippen LogP) is 3.69. The monoisotopic (exact) mass is 425 g/mol. The van der Waals surface area contributed by atoms with Crippen LogP contribution in [0.5, 0.6) is 0 Å². The summed E-state index contributed by atoms with van der Waals surface area (Å²) in [6.45, 7) is 7.81. The maximum atomic E-state index is 13.4. The Hall–Kier alpha value is -2.90. The molecule has 1 aliphatic heterocycles. The van der Waals surface area contributed by atoms with Crippen molar-refractivity contribution in [3.05, 3.63) is 82.8 Å². The van der Waals surface area contributed by atoms with Crippen molar-refractivity contribution in [3.63, 3.8) is 0 Å². The van der Waals surface area contributed by atoms with Gasteiger partial charge in [-0.3, -0.25) is 9.69 Å². The van der Waals surface area contributed by atoms with Gasteiger partial charge in [-0.05, 0) is 49.7 Å². The summed E-state index contributed by atoms with van der Waals surface area (Å²) >= 11 is 0. The van der Waals surface area contributed by atoms with Crippen molar-refractivity contribution in [3.8, 4) is 0 Å². The van der Waals surface area contributed by atoms with Crippen molar-refractivity contribution in [1.82, 2.24) is 14.8 Å². The molecule has 0 radical (unpaired) electrons. The highest BCUT2D eigenvalue weighted by molar-refractivity contribution is 5.95. The molecule has 1 fully saturated rings. The second-order valence-corrected chi connectivity index (χ2v) is 7.88. The SMILES string of the molecule is Cc1cc(C(=O)NCC(c2ccc(F)cc2)N2CCOCC2)c(C)n1Cc1ccco1. The molecule has 6 nitrogen and oxygen atoms in total. The molecule has 0 aliphatic carbocycles. The predicted molar refractivity (Wildman–Crippen MR) is 116 cm³/mol. The number of halogens is 1. The average Bonchev–Trinajstić information content (AvgIpc) is 3.39. The first-order chi connectivity index (χ1) is 15.0. The molecule has 1 unspecified atom stereocenters. The largest absolute Gasteiger partial charge is 0.467 e. The number of carbonyl (C=O) groups is 1. The fourth-order valence-corrected chi connectivity index (χ4v) is 4.15. The smallest absolute Gasteiger partial charge is 0.253 e. The molecule has 164 valence electrons. The summed E-state index contributed by atoms with van der Waals surface area (Å²) in [4.78, 5) is 15.3. The highest BCUT2D eigenvalue weighted by Crippen LogP contribution is 2.23. The average molecular weight is 426 g/mol. The molecule has 0 spiro atoms. The van der Waals surface area contributed by atoms with Gasteiger partial charge in [0.2, 0.25) is 0 Å². The molecule has 1 N–H and O–H groups in total. The number of nitrogens with zero attached hydrogens (tertiary/aromatic N) is 2. The molecule has 1 atom stereocenters. The number of hydrogen-bond acceptors (Lipinski definition) is 4. The molecule has 1 amide bonds. The molecule has 1 aliphatic rings. The molecule has 0 bridgehead atoms. The summed E-state index contributed by atoms with van der Waals surface area (Å²) in [6, 6.07) is 12.2. The Labute approximate surface area is 181 Å². The van der Waals surface area contributed by atoms with Crippen molar-refractivity contribution >= 4 is 5.91 Å². The van der Waals surface area contributed by atoms with Gasteiger partial charge in [-0.2, -0.15) is 0 Å². The lowest BCUT2D eigenvalue weighted by molar-refractivity contribution is 0.0162. The molecule has 7 heteroatoms. The van der Waals surface area contributed by atoms with Crippen LogP contribution >= 0.6 is 0 Å². The summed E-state index contributed by atoms with van der Waals surface area (Å²) in [5.41, 5.74) is 3.54. The van der Waals surface area contributed by atoms with Gasteiger partial charge >= 0.3 is 0 Å². The number of morpholine rings is 1. The summed E-state index contributed by atoms with van der Waals surface area (Å²) < 4.78 is 26.4. The Bertz CT molecular complexity index is 1010. The molecular weight excluding hydrogens is 397 g/mol. The van der Waals surface area contributed by atoms with Gasteiger partial charge in [-0.1, -0.05) is 12.1 Å². The van der Waals surface area contributed by atoms with Gasteiger partial charge < -0.3 is 19.0 Å². The number of furan rings is 1. The molecular formula is C24H28FN3O3. The van der Waals surface area contributed by atoms with Crippen molar-refractivity contribution in [2.24, 2.45) is 0 Å². The van der Waals surface area contributed by atoms with Crippen LogP contribution in [0.15, 0.2) is 53.1 Å². The lowest BCUT2D eigenvalue weighted by atomic mass is 10.0. The minimum Gasteiger partial charge on any atom is -0.467 e. The van der Waals surface area contributed by atoms with E-state index in [1.54, 1.807) is 18.4 Å². The van der Waals surface area contributed by atoms with Gasteiger partial charge in [0.05, 0.1) is 37.6 Å². The van der Waals surface area contributed by atoms with Crippen molar-refractivity contribution in [2.75, 3.05) is 32.8 Å². The van der Waals surface area contributed by atoms with E-state index >= 15 is 0 Å². The van der Waals surface area contributed by atoms with E-state index in [1.807, 2.05) is 32.0 Å². The van der Waals surface area contributed by atoms with Gasteiger partial charge in [0.25, 0.3) is 5.91 Å². The maximum Gasteiger partial charge on any atom is 0.253 e.